The summed E-state index contributed by atoms with van der Waals surface area (Å²) < 4.78 is 18.5. The Bertz CT molecular complexity index is 464. The van der Waals surface area contributed by atoms with Gasteiger partial charge < -0.3 is 10.1 Å². The third-order valence-electron chi connectivity index (χ3n) is 3.12. The molecule has 0 unspecified atom stereocenters. The van der Waals surface area contributed by atoms with Crippen LogP contribution in [0.3, 0.4) is 0 Å². The normalized spacial score (nSPS) is 11.6. The van der Waals surface area contributed by atoms with E-state index >= 15 is 0 Å². The second kappa shape index (κ2) is 7.31. The summed E-state index contributed by atoms with van der Waals surface area (Å²) in [4.78, 5) is 9.80. The van der Waals surface area contributed by atoms with Gasteiger partial charge in [0.25, 0.3) is 0 Å². The highest BCUT2D eigenvalue weighted by Gasteiger charge is 2.17. The molecule has 0 fully saturated rings. The molecular weight excluding hydrogens is 263 g/mol. The molecular formula is C14H21FN2O3. The van der Waals surface area contributed by atoms with E-state index < -0.39 is 16.4 Å². The number of nitro groups is 1. The number of hydrogen-bond donors (Lipinski definition) is 1. The molecule has 1 aromatic carbocycles. The molecule has 0 amide bonds. The van der Waals surface area contributed by atoms with Crippen LogP contribution < -0.4 is 5.32 Å². The van der Waals surface area contributed by atoms with Crippen LogP contribution in [0.5, 0.6) is 0 Å². The Labute approximate surface area is 118 Å². The first-order valence-electron chi connectivity index (χ1n) is 6.48. The number of nitrogens with one attached hydrogen (secondary N) is 1. The molecule has 0 atom stereocenters. The Balaban J connectivity index is 2.50. The fourth-order valence-corrected chi connectivity index (χ4v) is 1.82. The van der Waals surface area contributed by atoms with Crippen molar-refractivity contribution in [3.63, 3.8) is 0 Å². The van der Waals surface area contributed by atoms with Crippen molar-refractivity contribution in [2.45, 2.75) is 26.8 Å². The molecule has 0 aliphatic carbocycles. The first-order valence-corrected chi connectivity index (χ1v) is 6.48. The molecule has 0 saturated carbocycles. The fourth-order valence-electron chi connectivity index (χ4n) is 1.82. The Morgan fingerprint density at radius 3 is 2.70 bits per heavy atom. The van der Waals surface area contributed by atoms with Crippen LogP contribution in [0.25, 0.3) is 0 Å². The standard InChI is InChI=1S/C14H21FN2O3/c1-14(2,6-7-20-3)10-16-9-11-4-5-13(17(18)19)12(15)8-11/h4-5,8,16H,6-7,9-10H2,1-3H3. The van der Waals surface area contributed by atoms with Crippen molar-refractivity contribution in [3.8, 4) is 0 Å². The Kier molecular flexibility index (Phi) is 6.04. The van der Waals surface area contributed by atoms with Crippen molar-refractivity contribution in [1.29, 1.82) is 0 Å². The lowest BCUT2D eigenvalue weighted by molar-refractivity contribution is -0.387. The summed E-state index contributed by atoms with van der Waals surface area (Å²) in [7, 11) is 1.67. The Morgan fingerprint density at radius 2 is 2.15 bits per heavy atom. The zero-order valence-corrected chi connectivity index (χ0v) is 12.1. The molecule has 0 aromatic heterocycles. The summed E-state index contributed by atoms with van der Waals surface area (Å²) in [6, 6.07) is 3.96. The smallest absolute Gasteiger partial charge is 0.304 e. The highest BCUT2D eigenvalue weighted by Crippen LogP contribution is 2.20. The highest BCUT2D eigenvalue weighted by atomic mass is 19.1. The van der Waals surface area contributed by atoms with Gasteiger partial charge in [-0.25, -0.2) is 0 Å². The molecule has 112 valence electrons. The average molecular weight is 284 g/mol. The van der Waals surface area contributed by atoms with Gasteiger partial charge in [-0.2, -0.15) is 4.39 Å². The topological polar surface area (TPSA) is 64.4 Å². The number of methoxy groups -OCH3 is 1. The third-order valence-corrected chi connectivity index (χ3v) is 3.12. The minimum Gasteiger partial charge on any atom is -0.385 e. The van der Waals surface area contributed by atoms with Gasteiger partial charge in [0.2, 0.25) is 5.82 Å². The molecule has 0 bridgehead atoms. The number of benzene rings is 1. The number of hydrogen-bond acceptors (Lipinski definition) is 4. The maximum Gasteiger partial charge on any atom is 0.304 e. The van der Waals surface area contributed by atoms with Gasteiger partial charge in [-0.3, -0.25) is 10.1 Å². The molecule has 0 spiro atoms. The fraction of sp³-hybridized carbons (Fsp3) is 0.571. The average Bonchev–Trinajstić information content (AvgIpc) is 2.36. The second-order valence-corrected chi connectivity index (χ2v) is 5.55. The Morgan fingerprint density at radius 1 is 1.45 bits per heavy atom. The number of nitro benzene ring substituents is 1. The monoisotopic (exact) mass is 284 g/mol. The molecule has 1 aromatic rings. The van der Waals surface area contributed by atoms with Gasteiger partial charge in [0, 0.05) is 32.9 Å². The third kappa shape index (κ3) is 5.22. The van der Waals surface area contributed by atoms with Gasteiger partial charge in [0.15, 0.2) is 0 Å². The van der Waals surface area contributed by atoms with Crippen LogP contribution in [-0.4, -0.2) is 25.2 Å². The van der Waals surface area contributed by atoms with Crippen LogP contribution in [0.15, 0.2) is 18.2 Å². The van der Waals surface area contributed by atoms with Crippen molar-refractivity contribution in [2.75, 3.05) is 20.3 Å². The van der Waals surface area contributed by atoms with Crippen molar-refractivity contribution in [1.82, 2.24) is 5.32 Å². The lowest BCUT2D eigenvalue weighted by atomic mass is 9.89. The quantitative estimate of drug-likeness (QED) is 0.589. The van der Waals surface area contributed by atoms with E-state index in [0.717, 1.165) is 13.0 Å². The largest absolute Gasteiger partial charge is 0.385 e. The van der Waals surface area contributed by atoms with Gasteiger partial charge in [-0.1, -0.05) is 19.9 Å². The van der Waals surface area contributed by atoms with E-state index in [0.29, 0.717) is 18.7 Å². The van der Waals surface area contributed by atoms with Crippen molar-refractivity contribution in [2.24, 2.45) is 5.41 Å². The van der Waals surface area contributed by atoms with E-state index in [2.05, 4.69) is 19.2 Å². The van der Waals surface area contributed by atoms with E-state index in [1.54, 1.807) is 13.2 Å². The number of halogens is 1. The number of nitrogens with zero attached hydrogens (tertiary/aromatic N) is 1. The lowest BCUT2D eigenvalue weighted by Crippen LogP contribution is -2.30. The highest BCUT2D eigenvalue weighted by molar-refractivity contribution is 5.34. The molecule has 20 heavy (non-hydrogen) atoms. The van der Waals surface area contributed by atoms with Crippen LogP contribution in [0.1, 0.15) is 25.8 Å². The molecule has 5 nitrogen and oxygen atoms in total. The van der Waals surface area contributed by atoms with Crippen LogP contribution in [0, 0.1) is 21.3 Å². The van der Waals surface area contributed by atoms with E-state index in [-0.39, 0.29) is 5.41 Å². The first-order chi connectivity index (χ1) is 9.35. The van der Waals surface area contributed by atoms with E-state index in [4.69, 9.17) is 4.74 Å². The summed E-state index contributed by atoms with van der Waals surface area (Å²) in [5.74, 6) is -0.798. The minimum absolute atomic E-state index is 0.0787. The lowest BCUT2D eigenvalue weighted by Gasteiger charge is -2.24. The van der Waals surface area contributed by atoms with E-state index in [1.165, 1.54) is 12.1 Å². The van der Waals surface area contributed by atoms with Crippen LogP contribution in [0.4, 0.5) is 10.1 Å². The molecule has 6 heteroatoms. The summed E-state index contributed by atoms with van der Waals surface area (Å²) in [5.41, 5.74) is 0.278. The van der Waals surface area contributed by atoms with Gasteiger partial charge >= 0.3 is 5.69 Å². The van der Waals surface area contributed by atoms with Gasteiger partial charge in [-0.15, -0.1) is 0 Å². The zero-order valence-electron chi connectivity index (χ0n) is 12.1. The van der Waals surface area contributed by atoms with Gasteiger partial charge in [0.05, 0.1) is 4.92 Å². The van der Waals surface area contributed by atoms with Gasteiger partial charge in [-0.05, 0) is 23.5 Å². The molecule has 0 radical (unpaired) electrons. The van der Waals surface area contributed by atoms with Crippen molar-refractivity contribution in [3.05, 3.63) is 39.7 Å². The van der Waals surface area contributed by atoms with E-state index in [9.17, 15) is 14.5 Å². The van der Waals surface area contributed by atoms with Crippen molar-refractivity contribution >= 4 is 5.69 Å². The molecule has 0 saturated heterocycles. The number of ether oxygens (including phenoxy) is 1. The summed E-state index contributed by atoms with van der Waals surface area (Å²) in [6.45, 7) is 6.17. The SMILES string of the molecule is COCCC(C)(C)CNCc1ccc([N+](=O)[O-])c(F)c1. The summed E-state index contributed by atoms with van der Waals surface area (Å²) in [6.07, 6.45) is 0.922. The molecule has 1 rings (SSSR count). The molecule has 1 N–H and O–H groups in total. The van der Waals surface area contributed by atoms with Crippen LogP contribution in [0.2, 0.25) is 0 Å². The minimum atomic E-state index is -0.798. The molecule has 0 aliphatic heterocycles. The van der Waals surface area contributed by atoms with E-state index in [1.807, 2.05) is 0 Å². The Hall–Kier alpha value is -1.53. The van der Waals surface area contributed by atoms with Gasteiger partial charge in [0.1, 0.15) is 0 Å². The maximum atomic E-state index is 13.4. The zero-order chi connectivity index (χ0) is 15.2. The van der Waals surface area contributed by atoms with Crippen LogP contribution >= 0.6 is 0 Å². The van der Waals surface area contributed by atoms with Crippen LogP contribution in [-0.2, 0) is 11.3 Å². The first kappa shape index (κ1) is 16.5. The second-order valence-electron chi connectivity index (χ2n) is 5.55. The summed E-state index contributed by atoms with van der Waals surface area (Å²) >= 11 is 0. The summed E-state index contributed by atoms with van der Waals surface area (Å²) in [5, 5.41) is 13.8. The van der Waals surface area contributed by atoms with Crippen molar-refractivity contribution < 1.29 is 14.1 Å². The molecule has 0 heterocycles. The molecule has 0 aliphatic rings. The predicted octanol–water partition coefficient (Wildman–Crippen LogP) is 2.89. The predicted molar refractivity (Wildman–Crippen MR) is 75.0 cm³/mol. The maximum absolute atomic E-state index is 13.4. The number of rotatable bonds is 8.